The Hall–Kier alpha value is -2.98. The van der Waals surface area contributed by atoms with Crippen molar-refractivity contribution in [1.29, 1.82) is 0 Å². The summed E-state index contributed by atoms with van der Waals surface area (Å²) in [6.07, 6.45) is 3.00. The molecule has 0 N–H and O–H groups in total. The monoisotopic (exact) mass is 414 g/mol. The minimum absolute atomic E-state index is 0.0740. The van der Waals surface area contributed by atoms with Crippen LogP contribution in [0.4, 0.5) is 5.82 Å². The van der Waals surface area contributed by atoms with E-state index in [1.165, 1.54) is 16.8 Å². The first-order chi connectivity index (χ1) is 13.9. The van der Waals surface area contributed by atoms with Crippen molar-refractivity contribution in [2.24, 2.45) is 7.05 Å². The Morgan fingerprint density at radius 2 is 1.76 bits per heavy atom. The van der Waals surface area contributed by atoms with Crippen LogP contribution >= 0.6 is 0 Å². The van der Waals surface area contributed by atoms with E-state index < -0.39 is 10.0 Å². The molecule has 2 aromatic heterocycles. The third-order valence-electron chi connectivity index (χ3n) is 4.61. The predicted octanol–water partition coefficient (Wildman–Crippen LogP) is 1.82. The van der Waals surface area contributed by atoms with Crippen LogP contribution in [0.15, 0.2) is 53.9 Å². The first kappa shape index (κ1) is 19.3. The van der Waals surface area contributed by atoms with Crippen LogP contribution in [0.3, 0.4) is 0 Å². The summed E-state index contributed by atoms with van der Waals surface area (Å²) in [5, 5.41) is 0.0740. The van der Waals surface area contributed by atoms with Gasteiger partial charge in [0.2, 0.25) is 5.88 Å². The Morgan fingerprint density at radius 1 is 1.03 bits per heavy atom. The summed E-state index contributed by atoms with van der Waals surface area (Å²) in [7, 11) is -1.84. The molecule has 0 spiro atoms. The van der Waals surface area contributed by atoms with Gasteiger partial charge in [0.05, 0.1) is 6.33 Å². The number of aryl methyl sites for hydroxylation is 2. The largest absolute Gasteiger partial charge is 0.439 e. The van der Waals surface area contributed by atoms with E-state index in [-0.39, 0.29) is 5.03 Å². The summed E-state index contributed by atoms with van der Waals surface area (Å²) in [5.74, 6) is 2.47. The van der Waals surface area contributed by atoms with Crippen LogP contribution < -0.4 is 9.64 Å². The minimum Gasteiger partial charge on any atom is -0.439 e. The van der Waals surface area contributed by atoms with Gasteiger partial charge in [-0.05, 0) is 19.1 Å². The van der Waals surface area contributed by atoms with Gasteiger partial charge >= 0.3 is 0 Å². The molecule has 9 nitrogen and oxygen atoms in total. The molecule has 0 aliphatic carbocycles. The number of hydrogen-bond donors (Lipinski definition) is 0. The third kappa shape index (κ3) is 4.22. The summed E-state index contributed by atoms with van der Waals surface area (Å²) < 4.78 is 34.4. The number of imidazole rings is 1. The number of benzene rings is 1. The summed E-state index contributed by atoms with van der Waals surface area (Å²) in [5.41, 5.74) is 0. The number of nitrogens with zero attached hydrogens (tertiary/aromatic N) is 6. The van der Waals surface area contributed by atoms with Gasteiger partial charge < -0.3 is 14.2 Å². The standard InChI is InChI=1S/C19H22N6O3S/c1-15-21-17(12-18(22-15)28-16-6-4-3-5-7-16)24-8-10-25(11-9-24)29(26,27)19-13-23(2)14-20-19/h3-7,12-14H,8-11H2,1-2H3. The van der Waals surface area contributed by atoms with E-state index in [4.69, 9.17) is 4.74 Å². The van der Waals surface area contributed by atoms with Crippen molar-refractivity contribution in [3.05, 3.63) is 54.7 Å². The maximum absolute atomic E-state index is 12.7. The molecular formula is C19H22N6O3S. The Morgan fingerprint density at radius 3 is 2.41 bits per heavy atom. The maximum Gasteiger partial charge on any atom is 0.262 e. The molecule has 1 saturated heterocycles. The molecule has 3 heterocycles. The van der Waals surface area contributed by atoms with Crippen molar-refractivity contribution in [1.82, 2.24) is 23.8 Å². The zero-order valence-electron chi connectivity index (χ0n) is 16.3. The van der Waals surface area contributed by atoms with Crippen LogP contribution in [0.2, 0.25) is 0 Å². The number of para-hydroxylation sites is 1. The van der Waals surface area contributed by atoms with Gasteiger partial charge in [-0.15, -0.1) is 0 Å². The highest BCUT2D eigenvalue weighted by molar-refractivity contribution is 7.89. The number of hydrogen-bond acceptors (Lipinski definition) is 7. The van der Waals surface area contributed by atoms with Crippen molar-refractivity contribution in [2.75, 3.05) is 31.1 Å². The topological polar surface area (TPSA) is 93.5 Å². The number of aromatic nitrogens is 4. The maximum atomic E-state index is 12.7. The summed E-state index contributed by atoms with van der Waals surface area (Å²) in [6.45, 7) is 3.57. The van der Waals surface area contributed by atoms with Crippen LogP contribution in [0.1, 0.15) is 5.82 Å². The van der Waals surface area contributed by atoms with Crippen LogP contribution in [-0.2, 0) is 17.1 Å². The first-order valence-electron chi connectivity index (χ1n) is 9.23. The second-order valence-electron chi connectivity index (χ2n) is 6.80. The molecule has 1 fully saturated rings. The van der Waals surface area contributed by atoms with E-state index in [9.17, 15) is 8.42 Å². The Kier molecular flexibility index (Phi) is 5.20. The van der Waals surface area contributed by atoms with E-state index in [1.54, 1.807) is 17.7 Å². The lowest BCUT2D eigenvalue weighted by Crippen LogP contribution is -2.49. The Balaban J connectivity index is 1.47. The summed E-state index contributed by atoms with van der Waals surface area (Å²) in [4.78, 5) is 14.9. The Labute approximate surface area is 169 Å². The van der Waals surface area contributed by atoms with Crippen LogP contribution in [0, 0.1) is 6.92 Å². The van der Waals surface area contributed by atoms with E-state index in [0.29, 0.717) is 43.6 Å². The molecule has 10 heteroatoms. The molecular weight excluding hydrogens is 392 g/mol. The summed E-state index contributed by atoms with van der Waals surface area (Å²) in [6, 6.07) is 11.2. The van der Waals surface area contributed by atoms with Gasteiger partial charge in [-0.1, -0.05) is 18.2 Å². The van der Waals surface area contributed by atoms with Crippen molar-refractivity contribution in [3.63, 3.8) is 0 Å². The second-order valence-corrected chi connectivity index (χ2v) is 8.68. The number of rotatable bonds is 5. The number of ether oxygens (including phenoxy) is 1. The number of piperazine rings is 1. The van der Waals surface area contributed by atoms with E-state index in [2.05, 4.69) is 15.0 Å². The lowest BCUT2D eigenvalue weighted by Gasteiger charge is -2.34. The van der Waals surface area contributed by atoms with E-state index >= 15 is 0 Å². The molecule has 0 radical (unpaired) electrons. The SMILES string of the molecule is Cc1nc(Oc2ccccc2)cc(N2CCN(S(=O)(=O)c3cn(C)cn3)CC2)n1. The fourth-order valence-electron chi connectivity index (χ4n) is 3.16. The normalized spacial score (nSPS) is 15.4. The number of anilines is 1. The fourth-order valence-corrected chi connectivity index (χ4v) is 4.55. The highest BCUT2D eigenvalue weighted by Crippen LogP contribution is 2.25. The molecule has 1 aromatic carbocycles. The second kappa shape index (κ2) is 7.80. The van der Waals surface area contributed by atoms with Gasteiger partial charge in [-0.3, -0.25) is 0 Å². The molecule has 0 amide bonds. The lowest BCUT2D eigenvalue weighted by molar-refractivity contribution is 0.381. The number of sulfonamides is 1. The van der Waals surface area contributed by atoms with Crippen molar-refractivity contribution in [2.45, 2.75) is 11.9 Å². The van der Waals surface area contributed by atoms with Gasteiger partial charge in [0, 0.05) is 45.5 Å². The highest BCUT2D eigenvalue weighted by atomic mass is 32.2. The third-order valence-corrected chi connectivity index (χ3v) is 6.40. The van der Waals surface area contributed by atoms with E-state index in [0.717, 1.165) is 5.82 Å². The fraction of sp³-hybridized carbons (Fsp3) is 0.316. The summed E-state index contributed by atoms with van der Waals surface area (Å²) >= 11 is 0. The van der Waals surface area contributed by atoms with Gasteiger partial charge in [0.1, 0.15) is 17.4 Å². The average molecular weight is 414 g/mol. The minimum atomic E-state index is -3.59. The van der Waals surface area contributed by atoms with Gasteiger partial charge in [0.15, 0.2) is 5.03 Å². The van der Waals surface area contributed by atoms with Crippen molar-refractivity contribution >= 4 is 15.8 Å². The van der Waals surface area contributed by atoms with Crippen molar-refractivity contribution < 1.29 is 13.2 Å². The molecule has 1 aliphatic heterocycles. The molecule has 4 rings (SSSR count). The molecule has 3 aromatic rings. The van der Waals surface area contributed by atoms with Gasteiger partial charge in [-0.25, -0.2) is 18.4 Å². The molecule has 0 atom stereocenters. The molecule has 0 unspecified atom stereocenters. The average Bonchev–Trinajstić information content (AvgIpc) is 3.16. The van der Waals surface area contributed by atoms with Crippen molar-refractivity contribution in [3.8, 4) is 11.6 Å². The highest BCUT2D eigenvalue weighted by Gasteiger charge is 2.30. The first-order valence-corrected chi connectivity index (χ1v) is 10.7. The molecule has 29 heavy (non-hydrogen) atoms. The molecule has 152 valence electrons. The smallest absolute Gasteiger partial charge is 0.262 e. The quantitative estimate of drug-likeness (QED) is 0.629. The van der Waals surface area contributed by atoms with E-state index in [1.807, 2.05) is 42.2 Å². The van der Waals surface area contributed by atoms with Crippen LogP contribution in [0.5, 0.6) is 11.6 Å². The zero-order valence-corrected chi connectivity index (χ0v) is 17.1. The molecule has 0 bridgehead atoms. The van der Waals surface area contributed by atoms with Crippen LogP contribution in [-0.4, -0.2) is 58.4 Å². The van der Waals surface area contributed by atoms with Gasteiger partial charge in [0.25, 0.3) is 10.0 Å². The zero-order chi connectivity index (χ0) is 20.4. The molecule has 1 aliphatic rings. The predicted molar refractivity (Wildman–Crippen MR) is 107 cm³/mol. The van der Waals surface area contributed by atoms with Gasteiger partial charge in [-0.2, -0.15) is 9.29 Å². The lowest BCUT2D eigenvalue weighted by atomic mass is 10.3. The molecule has 0 saturated carbocycles. The Bertz CT molecular complexity index is 1090. The van der Waals surface area contributed by atoms with Crippen LogP contribution in [0.25, 0.3) is 0 Å².